The molecule has 0 spiro atoms. The van der Waals surface area contributed by atoms with Crippen LogP contribution in [-0.2, 0) is 9.53 Å². The number of esters is 1. The molecule has 0 aromatic heterocycles. The summed E-state index contributed by atoms with van der Waals surface area (Å²) in [5, 5.41) is 3.38. The van der Waals surface area contributed by atoms with Gasteiger partial charge in [-0.1, -0.05) is 72.3 Å². The molecule has 3 rings (SSSR count). The van der Waals surface area contributed by atoms with E-state index in [1.807, 2.05) is 60.7 Å². The molecule has 142 valence electrons. The van der Waals surface area contributed by atoms with Gasteiger partial charge in [0.05, 0.1) is 7.11 Å². The summed E-state index contributed by atoms with van der Waals surface area (Å²) in [6.45, 7) is 0. The van der Waals surface area contributed by atoms with Crippen LogP contribution in [0.2, 0.25) is 5.02 Å². The number of carbonyl (C=O) groups excluding carboxylic acids is 2. The summed E-state index contributed by atoms with van der Waals surface area (Å²) >= 11 is 5.90. The highest BCUT2D eigenvalue weighted by Crippen LogP contribution is 2.29. The van der Waals surface area contributed by atoms with E-state index < -0.39 is 17.9 Å². The van der Waals surface area contributed by atoms with Crippen molar-refractivity contribution in [3.63, 3.8) is 0 Å². The second kappa shape index (κ2) is 9.20. The van der Waals surface area contributed by atoms with Gasteiger partial charge < -0.3 is 10.1 Å². The van der Waals surface area contributed by atoms with E-state index in [9.17, 15) is 9.59 Å². The molecule has 0 bridgehead atoms. The molecule has 0 aliphatic rings. The Morgan fingerprint density at radius 2 is 1.32 bits per heavy atom. The molecule has 0 saturated carbocycles. The first-order valence-electron chi connectivity index (χ1n) is 8.84. The maximum atomic E-state index is 12.8. The zero-order valence-corrected chi connectivity index (χ0v) is 16.1. The zero-order chi connectivity index (χ0) is 19.9. The Morgan fingerprint density at radius 1 is 0.821 bits per heavy atom. The fourth-order valence-corrected chi connectivity index (χ4v) is 3.26. The molecule has 0 aliphatic carbocycles. The lowest BCUT2D eigenvalue weighted by Gasteiger charge is -2.27. The quantitative estimate of drug-likeness (QED) is 0.630. The summed E-state index contributed by atoms with van der Waals surface area (Å²) in [6.07, 6.45) is 0. The minimum absolute atomic E-state index is 0.371. The van der Waals surface area contributed by atoms with Crippen molar-refractivity contribution >= 4 is 23.5 Å². The maximum absolute atomic E-state index is 12.8. The maximum Gasteiger partial charge on any atom is 0.329 e. The Balaban J connectivity index is 2.00. The van der Waals surface area contributed by atoms with Gasteiger partial charge in [-0.05, 0) is 35.4 Å². The second-order valence-electron chi connectivity index (χ2n) is 6.28. The third-order valence-electron chi connectivity index (χ3n) is 4.50. The van der Waals surface area contributed by atoms with Crippen LogP contribution in [0.5, 0.6) is 0 Å². The van der Waals surface area contributed by atoms with Crippen molar-refractivity contribution in [2.75, 3.05) is 7.11 Å². The van der Waals surface area contributed by atoms with Crippen molar-refractivity contribution in [2.45, 2.75) is 12.0 Å². The topological polar surface area (TPSA) is 55.4 Å². The number of halogens is 1. The van der Waals surface area contributed by atoms with Crippen molar-refractivity contribution in [2.24, 2.45) is 0 Å². The van der Waals surface area contributed by atoms with Gasteiger partial charge in [-0.25, -0.2) is 4.79 Å². The Morgan fingerprint density at radius 3 is 1.79 bits per heavy atom. The monoisotopic (exact) mass is 393 g/mol. The standard InChI is InChI=1S/C23H20ClNO3/c1-28-23(27)21(25-22(26)18-12-14-19(24)15-13-18)20(16-8-4-2-5-9-16)17-10-6-3-7-11-17/h2-15,20-21H,1H3,(H,25,26)/t21-/m0/s1. The van der Waals surface area contributed by atoms with E-state index in [4.69, 9.17) is 16.3 Å². The summed E-state index contributed by atoms with van der Waals surface area (Å²) in [5.41, 5.74) is 2.22. The van der Waals surface area contributed by atoms with Crippen LogP contribution in [-0.4, -0.2) is 25.0 Å². The number of hydrogen-bond acceptors (Lipinski definition) is 3. The smallest absolute Gasteiger partial charge is 0.329 e. The SMILES string of the molecule is COC(=O)[C@@H](NC(=O)c1ccc(Cl)cc1)C(c1ccccc1)c1ccccc1. The molecule has 1 amide bonds. The van der Waals surface area contributed by atoms with Crippen LogP contribution >= 0.6 is 11.6 Å². The fourth-order valence-electron chi connectivity index (χ4n) is 3.13. The van der Waals surface area contributed by atoms with E-state index in [1.165, 1.54) is 7.11 Å². The Kier molecular flexibility index (Phi) is 6.45. The first-order chi connectivity index (χ1) is 13.6. The zero-order valence-electron chi connectivity index (χ0n) is 15.3. The summed E-state index contributed by atoms with van der Waals surface area (Å²) in [4.78, 5) is 25.5. The van der Waals surface area contributed by atoms with Crippen molar-refractivity contribution in [3.05, 3.63) is 107 Å². The van der Waals surface area contributed by atoms with E-state index in [-0.39, 0.29) is 5.91 Å². The van der Waals surface area contributed by atoms with Gasteiger partial charge in [0.25, 0.3) is 5.91 Å². The molecule has 4 nitrogen and oxygen atoms in total. The normalized spacial score (nSPS) is 11.7. The van der Waals surface area contributed by atoms with Crippen molar-refractivity contribution in [1.29, 1.82) is 0 Å². The largest absolute Gasteiger partial charge is 0.467 e. The lowest BCUT2D eigenvalue weighted by atomic mass is 9.84. The number of rotatable bonds is 6. The molecule has 0 unspecified atom stereocenters. The molecule has 0 fully saturated rings. The molecule has 0 aliphatic heterocycles. The van der Waals surface area contributed by atoms with Gasteiger partial charge in [0.2, 0.25) is 0 Å². The van der Waals surface area contributed by atoms with Gasteiger partial charge in [0.1, 0.15) is 6.04 Å². The first kappa shape index (κ1) is 19.6. The Hall–Kier alpha value is -3.11. The van der Waals surface area contributed by atoms with E-state index >= 15 is 0 Å². The van der Waals surface area contributed by atoms with Gasteiger partial charge in [-0.15, -0.1) is 0 Å². The number of carbonyl (C=O) groups is 2. The highest BCUT2D eigenvalue weighted by Gasteiger charge is 2.33. The average molecular weight is 394 g/mol. The molecular formula is C23H20ClNO3. The predicted octanol–water partition coefficient (Wildman–Crippen LogP) is 4.44. The van der Waals surface area contributed by atoms with Crippen LogP contribution in [0.4, 0.5) is 0 Å². The van der Waals surface area contributed by atoms with Crippen molar-refractivity contribution in [1.82, 2.24) is 5.32 Å². The summed E-state index contributed by atoms with van der Waals surface area (Å²) in [6, 6.07) is 24.8. The summed E-state index contributed by atoms with van der Waals surface area (Å²) in [5.74, 6) is -1.28. The number of amides is 1. The number of benzene rings is 3. The molecule has 3 aromatic carbocycles. The molecule has 0 heterocycles. The molecule has 0 radical (unpaired) electrons. The van der Waals surface area contributed by atoms with E-state index in [0.29, 0.717) is 10.6 Å². The van der Waals surface area contributed by atoms with E-state index in [2.05, 4.69) is 5.32 Å². The van der Waals surface area contributed by atoms with Crippen LogP contribution < -0.4 is 5.32 Å². The van der Waals surface area contributed by atoms with E-state index in [0.717, 1.165) is 11.1 Å². The molecule has 3 aromatic rings. The number of methoxy groups -OCH3 is 1. The molecule has 0 saturated heterocycles. The molecule has 1 N–H and O–H groups in total. The fraction of sp³-hybridized carbons (Fsp3) is 0.130. The highest BCUT2D eigenvalue weighted by atomic mass is 35.5. The average Bonchev–Trinajstić information content (AvgIpc) is 2.74. The van der Waals surface area contributed by atoms with E-state index in [1.54, 1.807) is 24.3 Å². The van der Waals surface area contributed by atoms with Gasteiger partial charge in [-0.2, -0.15) is 0 Å². The van der Waals surface area contributed by atoms with Crippen LogP contribution in [0, 0.1) is 0 Å². The van der Waals surface area contributed by atoms with Crippen molar-refractivity contribution in [3.8, 4) is 0 Å². The van der Waals surface area contributed by atoms with Crippen LogP contribution in [0.25, 0.3) is 0 Å². The predicted molar refractivity (Wildman–Crippen MR) is 109 cm³/mol. The van der Waals surface area contributed by atoms with Gasteiger partial charge in [0, 0.05) is 16.5 Å². The third-order valence-corrected chi connectivity index (χ3v) is 4.75. The molecule has 1 atom stereocenters. The third kappa shape index (κ3) is 4.59. The molecular weight excluding hydrogens is 374 g/mol. The highest BCUT2D eigenvalue weighted by molar-refractivity contribution is 6.30. The van der Waals surface area contributed by atoms with Gasteiger partial charge >= 0.3 is 5.97 Å². The van der Waals surface area contributed by atoms with Gasteiger partial charge in [0.15, 0.2) is 0 Å². The summed E-state index contributed by atoms with van der Waals surface area (Å²) in [7, 11) is 1.32. The minimum Gasteiger partial charge on any atom is -0.467 e. The first-order valence-corrected chi connectivity index (χ1v) is 9.22. The van der Waals surface area contributed by atoms with Crippen LogP contribution in [0.3, 0.4) is 0 Å². The van der Waals surface area contributed by atoms with Gasteiger partial charge in [-0.3, -0.25) is 4.79 Å². The Bertz CT molecular complexity index is 888. The number of hydrogen-bond donors (Lipinski definition) is 1. The molecule has 5 heteroatoms. The minimum atomic E-state index is -0.891. The van der Waals surface area contributed by atoms with Crippen LogP contribution in [0.1, 0.15) is 27.4 Å². The van der Waals surface area contributed by atoms with Crippen LogP contribution in [0.15, 0.2) is 84.9 Å². The lowest BCUT2D eigenvalue weighted by molar-refractivity contribution is -0.143. The lowest BCUT2D eigenvalue weighted by Crippen LogP contribution is -2.46. The van der Waals surface area contributed by atoms with Crippen molar-refractivity contribution < 1.29 is 14.3 Å². The second-order valence-corrected chi connectivity index (χ2v) is 6.72. The Labute approximate surface area is 169 Å². The number of ether oxygens (including phenoxy) is 1. The molecule has 28 heavy (non-hydrogen) atoms. The number of nitrogens with one attached hydrogen (secondary N) is 1. The summed E-state index contributed by atoms with van der Waals surface area (Å²) < 4.78 is 5.02.